The molecular formula is C18H18N6OS. The topological polar surface area (TPSA) is 74.2 Å². The van der Waals surface area contributed by atoms with Crippen molar-refractivity contribution in [3.8, 4) is 0 Å². The van der Waals surface area contributed by atoms with Crippen LogP contribution in [-0.4, -0.2) is 47.3 Å². The predicted molar refractivity (Wildman–Crippen MR) is 103 cm³/mol. The Labute approximate surface area is 155 Å². The van der Waals surface area contributed by atoms with Gasteiger partial charge in [-0.2, -0.15) is 0 Å². The van der Waals surface area contributed by atoms with Crippen LogP contribution < -0.4 is 15.1 Å². The summed E-state index contributed by atoms with van der Waals surface area (Å²) in [5.41, 5.74) is 0. The van der Waals surface area contributed by atoms with Crippen molar-refractivity contribution in [1.82, 2.24) is 15.2 Å². The summed E-state index contributed by atoms with van der Waals surface area (Å²) >= 11 is 1.40. The number of carbonyl (C=O) groups excluding carboxylic acids is 1. The van der Waals surface area contributed by atoms with Crippen LogP contribution >= 0.6 is 11.3 Å². The number of nitrogens with zero attached hydrogens (tertiary/aromatic N) is 5. The first-order valence-corrected chi connectivity index (χ1v) is 9.27. The Morgan fingerprint density at radius 2 is 1.73 bits per heavy atom. The van der Waals surface area contributed by atoms with E-state index in [1.165, 1.54) is 11.3 Å². The quantitative estimate of drug-likeness (QED) is 0.765. The fraction of sp³-hybridized carbons (Fsp3) is 0.222. The van der Waals surface area contributed by atoms with Gasteiger partial charge in [0.1, 0.15) is 5.82 Å². The zero-order valence-corrected chi connectivity index (χ0v) is 14.9. The lowest BCUT2D eigenvalue weighted by molar-refractivity contribution is 0.103. The Morgan fingerprint density at radius 3 is 2.35 bits per heavy atom. The first kappa shape index (κ1) is 16.5. The van der Waals surface area contributed by atoms with Crippen LogP contribution in [0.15, 0.2) is 54.0 Å². The number of hydrogen-bond donors (Lipinski definition) is 1. The Morgan fingerprint density at radius 1 is 0.923 bits per heavy atom. The van der Waals surface area contributed by atoms with Gasteiger partial charge in [0.2, 0.25) is 0 Å². The summed E-state index contributed by atoms with van der Waals surface area (Å²) < 4.78 is 0. The summed E-state index contributed by atoms with van der Waals surface area (Å²) in [5.74, 6) is 2.12. The van der Waals surface area contributed by atoms with Gasteiger partial charge in [0.15, 0.2) is 11.6 Å². The van der Waals surface area contributed by atoms with Crippen molar-refractivity contribution in [1.29, 1.82) is 0 Å². The number of amides is 1. The van der Waals surface area contributed by atoms with E-state index in [1.807, 2.05) is 41.9 Å². The van der Waals surface area contributed by atoms with Crippen LogP contribution in [0.2, 0.25) is 0 Å². The first-order chi connectivity index (χ1) is 12.8. The molecule has 132 valence electrons. The lowest BCUT2D eigenvalue weighted by Gasteiger charge is -2.35. The summed E-state index contributed by atoms with van der Waals surface area (Å²) in [6.45, 7) is 3.48. The standard InChI is InChI=1S/C18H18N6OS/c25-18(14-4-3-13-26-14)20-15-6-7-17(22-21-15)24-11-9-23(10-12-24)16-5-1-2-8-19-16/h1-8,13H,9-12H2,(H,20,21,25). The average molecular weight is 366 g/mol. The van der Waals surface area contributed by atoms with Crippen molar-refractivity contribution >= 4 is 34.7 Å². The van der Waals surface area contributed by atoms with Crippen LogP contribution in [0.5, 0.6) is 0 Å². The Hall–Kier alpha value is -3.00. The lowest BCUT2D eigenvalue weighted by Crippen LogP contribution is -2.47. The summed E-state index contributed by atoms with van der Waals surface area (Å²) in [5, 5.41) is 13.0. The molecule has 0 atom stereocenters. The summed E-state index contributed by atoms with van der Waals surface area (Å²) in [6.07, 6.45) is 1.82. The lowest BCUT2D eigenvalue weighted by atomic mass is 10.3. The molecule has 26 heavy (non-hydrogen) atoms. The Balaban J connectivity index is 1.35. The Kier molecular flexibility index (Phi) is 4.74. The van der Waals surface area contributed by atoms with E-state index in [0.29, 0.717) is 10.7 Å². The number of aromatic nitrogens is 3. The number of piperazine rings is 1. The molecule has 1 saturated heterocycles. The van der Waals surface area contributed by atoms with E-state index in [2.05, 4.69) is 30.3 Å². The molecule has 1 fully saturated rings. The third kappa shape index (κ3) is 3.65. The van der Waals surface area contributed by atoms with Crippen molar-refractivity contribution in [2.45, 2.75) is 0 Å². The van der Waals surface area contributed by atoms with E-state index in [1.54, 1.807) is 12.1 Å². The van der Waals surface area contributed by atoms with Crippen molar-refractivity contribution in [2.75, 3.05) is 41.3 Å². The van der Waals surface area contributed by atoms with Crippen molar-refractivity contribution in [2.24, 2.45) is 0 Å². The van der Waals surface area contributed by atoms with E-state index in [9.17, 15) is 4.79 Å². The number of rotatable bonds is 4. The molecule has 1 N–H and O–H groups in total. The molecule has 3 aromatic rings. The maximum absolute atomic E-state index is 12.0. The van der Waals surface area contributed by atoms with Crippen LogP contribution in [0.1, 0.15) is 9.67 Å². The van der Waals surface area contributed by atoms with Crippen molar-refractivity contribution < 1.29 is 4.79 Å². The molecule has 0 unspecified atom stereocenters. The second kappa shape index (κ2) is 7.49. The molecular weight excluding hydrogens is 348 g/mol. The monoisotopic (exact) mass is 366 g/mol. The van der Waals surface area contributed by atoms with Gasteiger partial charge in [-0.15, -0.1) is 21.5 Å². The van der Waals surface area contributed by atoms with Crippen LogP contribution in [0.4, 0.5) is 17.5 Å². The number of nitrogens with one attached hydrogen (secondary N) is 1. The van der Waals surface area contributed by atoms with E-state index < -0.39 is 0 Å². The van der Waals surface area contributed by atoms with Gasteiger partial charge in [-0.25, -0.2) is 4.98 Å². The van der Waals surface area contributed by atoms with Crippen LogP contribution in [0.3, 0.4) is 0 Å². The minimum atomic E-state index is -0.161. The van der Waals surface area contributed by atoms with Gasteiger partial charge in [0.25, 0.3) is 5.91 Å². The zero-order valence-electron chi connectivity index (χ0n) is 14.1. The fourth-order valence-electron chi connectivity index (χ4n) is 2.85. The van der Waals surface area contributed by atoms with Gasteiger partial charge in [0.05, 0.1) is 4.88 Å². The first-order valence-electron chi connectivity index (χ1n) is 8.39. The highest BCUT2D eigenvalue weighted by Crippen LogP contribution is 2.18. The molecule has 8 heteroatoms. The molecule has 0 bridgehead atoms. The Bertz CT molecular complexity index is 845. The molecule has 0 saturated carbocycles. The number of anilines is 3. The largest absolute Gasteiger partial charge is 0.353 e. The summed E-state index contributed by atoms with van der Waals surface area (Å²) in [7, 11) is 0. The van der Waals surface area contributed by atoms with Gasteiger partial charge in [-0.1, -0.05) is 12.1 Å². The highest BCUT2D eigenvalue weighted by Gasteiger charge is 2.19. The van der Waals surface area contributed by atoms with Gasteiger partial charge in [-0.05, 0) is 35.7 Å². The molecule has 1 aliphatic rings. The third-order valence-electron chi connectivity index (χ3n) is 4.21. The molecule has 0 radical (unpaired) electrons. The third-order valence-corrected chi connectivity index (χ3v) is 5.08. The van der Waals surface area contributed by atoms with Gasteiger partial charge >= 0.3 is 0 Å². The molecule has 0 aromatic carbocycles. The van der Waals surface area contributed by atoms with Gasteiger partial charge < -0.3 is 15.1 Å². The fourth-order valence-corrected chi connectivity index (χ4v) is 3.47. The number of thiophene rings is 1. The molecule has 7 nitrogen and oxygen atoms in total. The summed E-state index contributed by atoms with van der Waals surface area (Å²) in [6, 6.07) is 13.3. The summed E-state index contributed by atoms with van der Waals surface area (Å²) in [4.78, 5) is 21.6. The highest BCUT2D eigenvalue weighted by atomic mass is 32.1. The van der Waals surface area contributed by atoms with E-state index >= 15 is 0 Å². The second-order valence-electron chi connectivity index (χ2n) is 5.87. The normalized spacial score (nSPS) is 14.3. The maximum Gasteiger partial charge on any atom is 0.266 e. The van der Waals surface area contributed by atoms with Crippen LogP contribution in [0, 0.1) is 0 Å². The maximum atomic E-state index is 12.0. The average Bonchev–Trinajstić information content (AvgIpc) is 3.25. The molecule has 4 heterocycles. The molecule has 3 aromatic heterocycles. The number of carbonyl (C=O) groups is 1. The SMILES string of the molecule is O=C(Nc1ccc(N2CCN(c3ccccn3)CC2)nn1)c1cccs1. The van der Waals surface area contributed by atoms with Crippen LogP contribution in [0.25, 0.3) is 0 Å². The van der Waals surface area contributed by atoms with E-state index in [-0.39, 0.29) is 5.91 Å². The zero-order chi connectivity index (χ0) is 17.8. The van der Waals surface area contributed by atoms with Crippen molar-refractivity contribution in [3.05, 3.63) is 58.9 Å². The van der Waals surface area contributed by atoms with Gasteiger partial charge in [-0.3, -0.25) is 4.79 Å². The number of pyridine rings is 1. The van der Waals surface area contributed by atoms with Gasteiger partial charge in [0, 0.05) is 32.4 Å². The molecule has 0 spiro atoms. The molecule has 4 rings (SSSR count). The van der Waals surface area contributed by atoms with Crippen molar-refractivity contribution in [3.63, 3.8) is 0 Å². The predicted octanol–water partition coefficient (Wildman–Crippen LogP) is 2.51. The smallest absolute Gasteiger partial charge is 0.266 e. The minimum absolute atomic E-state index is 0.161. The number of hydrogen-bond acceptors (Lipinski definition) is 7. The molecule has 1 aliphatic heterocycles. The van der Waals surface area contributed by atoms with Crippen LogP contribution in [-0.2, 0) is 0 Å². The van der Waals surface area contributed by atoms with E-state index in [0.717, 1.165) is 37.8 Å². The molecule has 0 aliphatic carbocycles. The molecule has 1 amide bonds. The highest BCUT2D eigenvalue weighted by molar-refractivity contribution is 7.12. The second-order valence-corrected chi connectivity index (χ2v) is 6.82. The minimum Gasteiger partial charge on any atom is -0.353 e. The van der Waals surface area contributed by atoms with E-state index in [4.69, 9.17) is 0 Å².